The average molecular weight is 278 g/mol. The number of benzene rings is 1. The third-order valence-electron chi connectivity index (χ3n) is 3.36. The van der Waals surface area contributed by atoms with E-state index in [1.54, 1.807) is 18.2 Å². The van der Waals surface area contributed by atoms with Crippen LogP contribution >= 0.6 is 0 Å². The second-order valence-corrected chi connectivity index (χ2v) is 4.71. The van der Waals surface area contributed by atoms with Gasteiger partial charge < -0.3 is 25.2 Å². The highest BCUT2D eigenvalue weighted by Crippen LogP contribution is 2.34. The van der Waals surface area contributed by atoms with Crippen LogP contribution in [0.2, 0.25) is 0 Å². The van der Waals surface area contributed by atoms with Gasteiger partial charge in [0.15, 0.2) is 11.5 Å². The number of carbonyl (C=O) groups is 2. The predicted octanol–water partition coefficient (Wildman–Crippen LogP) is 0.655. The first-order valence-corrected chi connectivity index (χ1v) is 6.32. The van der Waals surface area contributed by atoms with Crippen LogP contribution in [0.3, 0.4) is 0 Å². The van der Waals surface area contributed by atoms with Crippen molar-refractivity contribution in [3.63, 3.8) is 0 Å². The fourth-order valence-electron chi connectivity index (χ4n) is 2.51. The topological polar surface area (TPSA) is 96.9 Å². The van der Waals surface area contributed by atoms with Gasteiger partial charge in [0.2, 0.25) is 5.91 Å². The first kappa shape index (κ1) is 12.6. The first-order valence-electron chi connectivity index (χ1n) is 6.32. The monoisotopic (exact) mass is 278 g/mol. The predicted molar refractivity (Wildman–Crippen MR) is 67.9 cm³/mol. The summed E-state index contributed by atoms with van der Waals surface area (Å²) in [6.45, 7) is 0.986. The van der Waals surface area contributed by atoms with E-state index in [0.717, 1.165) is 5.56 Å². The molecule has 0 saturated carbocycles. The molecule has 3 N–H and O–H groups in total. The van der Waals surface area contributed by atoms with Gasteiger partial charge in [-0.25, -0.2) is 4.79 Å². The minimum absolute atomic E-state index is 0.130. The van der Waals surface area contributed by atoms with Gasteiger partial charge in [0.1, 0.15) is 13.2 Å². The molecule has 2 aliphatic rings. The Kier molecular flexibility index (Phi) is 3.09. The van der Waals surface area contributed by atoms with Crippen molar-refractivity contribution in [1.82, 2.24) is 10.6 Å². The molecular formula is C13H14N2O5. The Bertz CT molecular complexity index is 560. The van der Waals surface area contributed by atoms with Crippen LogP contribution in [0.25, 0.3) is 0 Å². The number of rotatable bonds is 2. The number of carbonyl (C=O) groups excluding carboxylic acids is 1. The van der Waals surface area contributed by atoms with Crippen molar-refractivity contribution >= 4 is 12.0 Å². The van der Waals surface area contributed by atoms with Crippen molar-refractivity contribution in [2.45, 2.75) is 18.5 Å². The summed E-state index contributed by atoms with van der Waals surface area (Å²) in [7, 11) is 0. The maximum atomic E-state index is 11.5. The van der Waals surface area contributed by atoms with Gasteiger partial charge in [-0.15, -0.1) is 0 Å². The fraction of sp³-hybridized carbons (Fsp3) is 0.385. The van der Waals surface area contributed by atoms with Gasteiger partial charge >= 0.3 is 6.09 Å². The SMILES string of the molecule is O=C(O)N[C@@H]1CC(=O)N[C@H]1c1ccc2c(c1)OCCO2. The largest absolute Gasteiger partial charge is 0.486 e. The van der Waals surface area contributed by atoms with E-state index in [1.807, 2.05) is 0 Å². The maximum absolute atomic E-state index is 11.5. The van der Waals surface area contributed by atoms with Gasteiger partial charge in [-0.1, -0.05) is 6.07 Å². The molecule has 1 aromatic rings. The molecule has 2 atom stereocenters. The molecule has 1 saturated heterocycles. The molecular weight excluding hydrogens is 264 g/mol. The van der Waals surface area contributed by atoms with Crippen LogP contribution in [-0.2, 0) is 4.79 Å². The van der Waals surface area contributed by atoms with Crippen LogP contribution < -0.4 is 20.1 Å². The van der Waals surface area contributed by atoms with Crippen LogP contribution in [0.1, 0.15) is 18.0 Å². The van der Waals surface area contributed by atoms with Crippen molar-refractivity contribution < 1.29 is 24.2 Å². The highest BCUT2D eigenvalue weighted by molar-refractivity contribution is 5.81. The number of nitrogens with one attached hydrogen (secondary N) is 2. The lowest BCUT2D eigenvalue weighted by Gasteiger charge is -2.23. The van der Waals surface area contributed by atoms with Crippen LogP contribution in [0.4, 0.5) is 4.79 Å². The van der Waals surface area contributed by atoms with E-state index < -0.39 is 18.2 Å². The molecule has 106 valence electrons. The average Bonchev–Trinajstić information content (AvgIpc) is 2.78. The smallest absolute Gasteiger partial charge is 0.404 e. The fourth-order valence-corrected chi connectivity index (χ4v) is 2.51. The van der Waals surface area contributed by atoms with Crippen molar-refractivity contribution in [2.24, 2.45) is 0 Å². The summed E-state index contributed by atoms with van der Waals surface area (Å²) >= 11 is 0. The minimum atomic E-state index is -1.14. The standard InChI is InChI=1S/C13H14N2O5/c16-11-6-8(14-13(17)18)12(15-11)7-1-2-9-10(5-7)20-4-3-19-9/h1-2,5,8,12,14H,3-4,6H2,(H,15,16)(H,17,18)/t8-,12+/m1/s1. The van der Waals surface area contributed by atoms with E-state index in [0.29, 0.717) is 24.7 Å². The number of ether oxygens (including phenoxy) is 2. The molecule has 0 aliphatic carbocycles. The molecule has 0 spiro atoms. The van der Waals surface area contributed by atoms with E-state index in [-0.39, 0.29) is 12.3 Å². The Morgan fingerprint density at radius 3 is 2.80 bits per heavy atom. The zero-order valence-electron chi connectivity index (χ0n) is 10.6. The summed E-state index contributed by atoms with van der Waals surface area (Å²) < 4.78 is 10.9. The zero-order chi connectivity index (χ0) is 14.1. The second-order valence-electron chi connectivity index (χ2n) is 4.71. The first-order chi connectivity index (χ1) is 9.63. The summed E-state index contributed by atoms with van der Waals surface area (Å²) in [5.74, 6) is 1.10. The highest BCUT2D eigenvalue weighted by atomic mass is 16.6. The molecule has 7 heteroatoms. The third kappa shape index (κ3) is 2.34. The van der Waals surface area contributed by atoms with Gasteiger partial charge in [0.25, 0.3) is 0 Å². The molecule has 2 aliphatic heterocycles. The van der Waals surface area contributed by atoms with Crippen molar-refractivity contribution in [3.8, 4) is 11.5 Å². The molecule has 1 fully saturated rings. The molecule has 1 aromatic carbocycles. The molecule has 0 radical (unpaired) electrons. The Morgan fingerprint density at radius 2 is 2.05 bits per heavy atom. The Balaban J connectivity index is 1.86. The number of carboxylic acid groups (broad SMARTS) is 1. The second kappa shape index (κ2) is 4.92. The lowest BCUT2D eigenvalue weighted by molar-refractivity contribution is -0.119. The lowest BCUT2D eigenvalue weighted by atomic mass is 10.0. The Labute approximate surface area is 114 Å². The van der Waals surface area contributed by atoms with Crippen molar-refractivity contribution in [3.05, 3.63) is 23.8 Å². The van der Waals surface area contributed by atoms with Crippen LogP contribution in [-0.4, -0.2) is 36.4 Å². The lowest BCUT2D eigenvalue weighted by Crippen LogP contribution is -2.37. The van der Waals surface area contributed by atoms with Gasteiger partial charge in [-0.3, -0.25) is 4.79 Å². The summed E-state index contributed by atoms with van der Waals surface area (Å²) in [6, 6.07) is 4.48. The molecule has 20 heavy (non-hydrogen) atoms. The molecule has 7 nitrogen and oxygen atoms in total. The van der Waals surface area contributed by atoms with Crippen molar-refractivity contribution in [2.75, 3.05) is 13.2 Å². The van der Waals surface area contributed by atoms with Gasteiger partial charge in [-0.2, -0.15) is 0 Å². The summed E-state index contributed by atoms with van der Waals surface area (Å²) in [5.41, 5.74) is 0.791. The quantitative estimate of drug-likeness (QED) is 0.738. The van der Waals surface area contributed by atoms with E-state index >= 15 is 0 Å². The van der Waals surface area contributed by atoms with Crippen molar-refractivity contribution in [1.29, 1.82) is 0 Å². The van der Waals surface area contributed by atoms with Gasteiger partial charge in [-0.05, 0) is 17.7 Å². The normalized spacial score (nSPS) is 24.1. The number of hydrogen-bond donors (Lipinski definition) is 3. The zero-order valence-corrected chi connectivity index (χ0v) is 10.6. The number of fused-ring (bicyclic) bond motifs is 1. The van der Waals surface area contributed by atoms with E-state index in [2.05, 4.69) is 10.6 Å². The maximum Gasteiger partial charge on any atom is 0.404 e. The van der Waals surface area contributed by atoms with Crippen LogP contribution in [0.5, 0.6) is 11.5 Å². The third-order valence-corrected chi connectivity index (χ3v) is 3.36. The van der Waals surface area contributed by atoms with Crippen LogP contribution in [0.15, 0.2) is 18.2 Å². The van der Waals surface area contributed by atoms with E-state index in [4.69, 9.17) is 14.6 Å². The Hall–Kier alpha value is -2.44. The number of hydrogen-bond acceptors (Lipinski definition) is 4. The van der Waals surface area contributed by atoms with E-state index in [9.17, 15) is 9.59 Å². The number of amides is 2. The van der Waals surface area contributed by atoms with E-state index in [1.165, 1.54) is 0 Å². The van der Waals surface area contributed by atoms with Crippen LogP contribution in [0, 0.1) is 0 Å². The summed E-state index contributed by atoms with van der Waals surface area (Å²) in [6.07, 6.45) is -1.01. The highest BCUT2D eigenvalue weighted by Gasteiger charge is 2.35. The molecule has 0 aromatic heterocycles. The Morgan fingerprint density at radius 1 is 1.30 bits per heavy atom. The molecule has 2 amide bonds. The summed E-state index contributed by atoms with van der Waals surface area (Å²) in [4.78, 5) is 22.3. The molecule has 3 rings (SSSR count). The molecule has 0 unspecified atom stereocenters. The molecule has 2 heterocycles. The van der Waals surface area contributed by atoms with Gasteiger partial charge in [0.05, 0.1) is 12.1 Å². The molecule has 0 bridgehead atoms. The minimum Gasteiger partial charge on any atom is -0.486 e. The summed E-state index contributed by atoms with van der Waals surface area (Å²) in [5, 5.41) is 14.0. The van der Waals surface area contributed by atoms with Gasteiger partial charge in [0, 0.05) is 6.42 Å².